The number of hydrogen-bond acceptors (Lipinski definition) is 4. The van der Waals surface area contributed by atoms with E-state index in [1.165, 1.54) is 9.58 Å². The van der Waals surface area contributed by atoms with Crippen LogP contribution < -0.4 is 9.67 Å². The first-order chi connectivity index (χ1) is 16.4. The van der Waals surface area contributed by atoms with Gasteiger partial charge in [0.25, 0.3) is 11.6 Å². The summed E-state index contributed by atoms with van der Waals surface area (Å²) in [6, 6.07) is 11.0. The van der Waals surface area contributed by atoms with E-state index in [2.05, 4.69) is 5.10 Å². The fraction of sp³-hybridized carbons (Fsp3) is 0.333. The molecule has 1 fully saturated rings. The number of pyridine rings is 1. The molecule has 1 saturated carbocycles. The molecule has 7 heteroatoms. The van der Waals surface area contributed by atoms with Crippen LogP contribution in [0.1, 0.15) is 54.5 Å². The Bertz CT molecular complexity index is 1300. The van der Waals surface area contributed by atoms with Gasteiger partial charge in [0.2, 0.25) is 0 Å². The number of imide groups is 1. The van der Waals surface area contributed by atoms with Gasteiger partial charge in [-0.15, -0.1) is 0 Å². The highest BCUT2D eigenvalue weighted by atomic mass is 16.3. The zero-order chi connectivity index (χ0) is 24.0. The standard InChI is InChI=1S/C27H28N4O3/c1-17-14-18(2)16-29(15-17)24-23(25(32)30(27(24)34)20-10-6-4-7-11-20)22-19(3)28-31(26(22)33)21-12-8-5-9-13-21/h5,8-9,12-16,20H,4,6-7,10-11H2,1-3H3. The smallest absolute Gasteiger partial charge is 0.327 e. The van der Waals surface area contributed by atoms with Gasteiger partial charge in [-0.3, -0.25) is 14.5 Å². The molecular formula is C27H28N4O3. The molecular weight excluding hydrogens is 428 g/mol. The second-order valence-electron chi connectivity index (χ2n) is 9.31. The van der Waals surface area contributed by atoms with Crippen LogP contribution in [0.3, 0.4) is 0 Å². The van der Waals surface area contributed by atoms with Crippen LogP contribution in [0.4, 0.5) is 0 Å². The molecule has 3 aromatic rings. The molecule has 2 aromatic heterocycles. The maximum Gasteiger partial charge on any atom is 0.327 e. The van der Waals surface area contributed by atoms with E-state index in [1.807, 2.05) is 50.5 Å². The van der Waals surface area contributed by atoms with E-state index in [-0.39, 0.29) is 28.8 Å². The highest BCUT2D eigenvalue weighted by Crippen LogP contribution is 2.39. The Morgan fingerprint density at radius 2 is 1.59 bits per heavy atom. The van der Waals surface area contributed by atoms with Crippen LogP contribution in [0.15, 0.2) is 48.8 Å². The molecule has 0 bridgehead atoms. The van der Waals surface area contributed by atoms with Gasteiger partial charge in [-0.1, -0.05) is 37.5 Å². The number of amides is 2. The van der Waals surface area contributed by atoms with Crippen molar-refractivity contribution < 1.29 is 19.3 Å². The molecule has 7 nitrogen and oxygen atoms in total. The molecule has 174 valence electrons. The normalized spacial score (nSPS) is 17.2. The van der Waals surface area contributed by atoms with Crippen molar-refractivity contribution in [2.24, 2.45) is 0 Å². The Hall–Kier alpha value is -3.74. The van der Waals surface area contributed by atoms with Crippen LogP contribution in [0.2, 0.25) is 0 Å². The zero-order valence-electron chi connectivity index (χ0n) is 19.7. The van der Waals surface area contributed by atoms with Crippen molar-refractivity contribution >= 4 is 23.1 Å². The van der Waals surface area contributed by atoms with Crippen molar-refractivity contribution in [3.05, 3.63) is 71.2 Å². The molecule has 1 aliphatic heterocycles. The van der Waals surface area contributed by atoms with Gasteiger partial charge >= 0.3 is 5.91 Å². The zero-order valence-corrected chi connectivity index (χ0v) is 19.7. The fourth-order valence-corrected chi connectivity index (χ4v) is 5.25. The van der Waals surface area contributed by atoms with Crippen molar-refractivity contribution in [3.8, 4) is 11.6 Å². The maximum atomic E-state index is 13.9. The molecule has 0 spiro atoms. The summed E-state index contributed by atoms with van der Waals surface area (Å²) in [5.41, 5.74) is 3.54. The van der Waals surface area contributed by atoms with Gasteiger partial charge < -0.3 is 5.11 Å². The Labute approximate surface area is 199 Å². The summed E-state index contributed by atoms with van der Waals surface area (Å²) in [6.07, 6.45) is 8.34. The van der Waals surface area contributed by atoms with E-state index in [1.54, 1.807) is 23.6 Å². The quantitative estimate of drug-likeness (QED) is 0.446. The molecule has 0 radical (unpaired) electrons. The molecule has 0 atom stereocenters. The molecule has 0 saturated heterocycles. The average Bonchev–Trinajstić information content (AvgIpc) is 3.25. The number of carbonyl (C=O) groups is 2. The minimum Gasteiger partial charge on any atom is -0.858 e. The Balaban J connectivity index is 1.73. The summed E-state index contributed by atoms with van der Waals surface area (Å²) >= 11 is 0. The topological polar surface area (TPSA) is 82.1 Å². The van der Waals surface area contributed by atoms with Gasteiger partial charge in [0.05, 0.1) is 11.4 Å². The number of nitrogens with zero attached hydrogens (tertiary/aromatic N) is 4. The van der Waals surface area contributed by atoms with E-state index < -0.39 is 11.8 Å². The minimum atomic E-state index is -0.397. The summed E-state index contributed by atoms with van der Waals surface area (Å²) in [7, 11) is 0. The van der Waals surface area contributed by atoms with E-state index >= 15 is 0 Å². The van der Waals surface area contributed by atoms with Crippen molar-refractivity contribution in [3.63, 3.8) is 0 Å². The van der Waals surface area contributed by atoms with Crippen LogP contribution in [0, 0.1) is 20.8 Å². The maximum absolute atomic E-state index is 13.9. The first-order valence-corrected chi connectivity index (χ1v) is 11.8. The number of rotatable bonds is 4. The monoisotopic (exact) mass is 456 g/mol. The first-order valence-electron chi connectivity index (χ1n) is 11.8. The molecule has 1 aromatic carbocycles. The number of hydrogen-bond donors (Lipinski definition) is 0. The van der Waals surface area contributed by atoms with Crippen LogP contribution in [-0.4, -0.2) is 32.5 Å². The lowest BCUT2D eigenvalue weighted by Crippen LogP contribution is -2.45. The predicted octanol–water partition coefficient (Wildman–Crippen LogP) is 3.23. The Morgan fingerprint density at radius 1 is 0.941 bits per heavy atom. The van der Waals surface area contributed by atoms with Gasteiger partial charge in [-0.05, 0) is 57.7 Å². The van der Waals surface area contributed by atoms with Crippen LogP contribution in [-0.2, 0) is 9.59 Å². The van der Waals surface area contributed by atoms with Crippen LogP contribution in [0.5, 0.6) is 5.88 Å². The summed E-state index contributed by atoms with van der Waals surface area (Å²) in [5, 5.41) is 18.1. The number of aromatic nitrogens is 3. The summed E-state index contributed by atoms with van der Waals surface area (Å²) in [4.78, 5) is 29.1. The summed E-state index contributed by atoms with van der Waals surface area (Å²) < 4.78 is 3.02. The number of aryl methyl sites for hydroxylation is 3. The SMILES string of the molecule is Cc1cc(C)c[n+](C2=C(c3c(C)nn(-c4ccccc4)c3[O-])C(=O)N(C3CCCCC3)C2=O)c1. The highest BCUT2D eigenvalue weighted by Gasteiger charge is 2.49. The highest BCUT2D eigenvalue weighted by molar-refractivity contribution is 6.45. The van der Waals surface area contributed by atoms with Gasteiger partial charge in [0.15, 0.2) is 12.4 Å². The molecule has 0 N–H and O–H groups in total. The van der Waals surface area contributed by atoms with E-state index in [0.717, 1.165) is 43.2 Å². The molecule has 2 amide bonds. The Kier molecular flexibility index (Phi) is 5.55. The van der Waals surface area contributed by atoms with Crippen molar-refractivity contribution in [2.75, 3.05) is 0 Å². The van der Waals surface area contributed by atoms with E-state index in [4.69, 9.17) is 0 Å². The van der Waals surface area contributed by atoms with Crippen molar-refractivity contribution in [1.82, 2.24) is 14.7 Å². The fourth-order valence-electron chi connectivity index (χ4n) is 5.25. The number of para-hydroxylation sites is 1. The first kappa shape index (κ1) is 22.1. The molecule has 2 aliphatic rings. The van der Waals surface area contributed by atoms with Gasteiger partial charge in [-0.2, -0.15) is 9.67 Å². The molecule has 0 unspecified atom stereocenters. The van der Waals surface area contributed by atoms with Crippen molar-refractivity contribution in [2.45, 2.75) is 58.9 Å². The minimum absolute atomic E-state index is 0.146. The lowest BCUT2D eigenvalue weighted by Gasteiger charge is -2.29. The molecule has 34 heavy (non-hydrogen) atoms. The predicted molar refractivity (Wildman–Crippen MR) is 126 cm³/mol. The lowest BCUT2D eigenvalue weighted by molar-refractivity contribution is -0.577. The van der Waals surface area contributed by atoms with Crippen LogP contribution in [0.25, 0.3) is 17.0 Å². The van der Waals surface area contributed by atoms with E-state index in [0.29, 0.717) is 11.4 Å². The summed E-state index contributed by atoms with van der Waals surface area (Å²) in [5.74, 6) is -1.13. The van der Waals surface area contributed by atoms with Gasteiger partial charge in [0, 0.05) is 22.7 Å². The summed E-state index contributed by atoms with van der Waals surface area (Å²) in [6.45, 7) is 5.61. The van der Waals surface area contributed by atoms with Gasteiger partial charge in [-0.25, -0.2) is 4.68 Å². The molecule has 5 rings (SSSR count). The largest absolute Gasteiger partial charge is 0.858 e. The second kappa shape index (κ2) is 8.56. The Morgan fingerprint density at radius 3 is 2.24 bits per heavy atom. The molecule has 1 aliphatic carbocycles. The average molecular weight is 457 g/mol. The van der Waals surface area contributed by atoms with Crippen LogP contribution >= 0.6 is 0 Å². The van der Waals surface area contributed by atoms with Crippen molar-refractivity contribution in [1.29, 1.82) is 0 Å². The van der Waals surface area contributed by atoms with Gasteiger partial charge in [0.1, 0.15) is 5.57 Å². The number of benzene rings is 1. The third kappa shape index (κ3) is 3.61. The molecule has 3 heterocycles. The third-order valence-corrected chi connectivity index (χ3v) is 6.70. The number of carbonyl (C=O) groups excluding carboxylic acids is 2. The lowest BCUT2D eigenvalue weighted by atomic mass is 9.94. The third-order valence-electron chi connectivity index (χ3n) is 6.70. The second-order valence-corrected chi connectivity index (χ2v) is 9.31. The van der Waals surface area contributed by atoms with E-state index in [9.17, 15) is 14.7 Å².